The van der Waals surface area contributed by atoms with E-state index in [-0.39, 0.29) is 0 Å². The highest BCUT2D eigenvalue weighted by molar-refractivity contribution is 5.03. The van der Waals surface area contributed by atoms with Gasteiger partial charge in [-0.05, 0) is 13.3 Å². The van der Waals surface area contributed by atoms with E-state index < -0.39 is 0 Å². The molecule has 0 amide bonds. The van der Waals surface area contributed by atoms with Crippen LogP contribution >= 0.6 is 0 Å². The van der Waals surface area contributed by atoms with Crippen LogP contribution in [-0.2, 0) is 22.6 Å². The first-order chi connectivity index (χ1) is 7.79. The van der Waals surface area contributed by atoms with Gasteiger partial charge in [-0.15, -0.1) is 0 Å². The number of hydrogen-bond donors (Lipinski definition) is 1. The lowest BCUT2D eigenvalue weighted by Gasteiger charge is -2.09. The molecule has 0 saturated carbocycles. The summed E-state index contributed by atoms with van der Waals surface area (Å²) in [7, 11) is 1.67. The summed E-state index contributed by atoms with van der Waals surface area (Å²) in [5.74, 6) is 1.01. The van der Waals surface area contributed by atoms with E-state index in [1.54, 1.807) is 7.11 Å². The van der Waals surface area contributed by atoms with Crippen LogP contribution in [-0.4, -0.2) is 36.5 Å². The highest BCUT2D eigenvalue weighted by atomic mass is 16.5. The molecule has 2 N–H and O–H groups in total. The van der Waals surface area contributed by atoms with Crippen LogP contribution in [0.4, 0.5) is 0 Å². The van der Waals surface area contributed by atoms with Gasteiger partial charge in [0, 0.05) is 33.0 Å². The molecule has 0 unspecified atom stereocenters. The van der Waals surface area contributed by atoms with Gasteiger partial charge >= 0.3 is 0 Å². The number of methoxy groups -OCH3 is 1. The zero-order chi connectivity index (χ0) is 11.8. The molecule has 1 aromatic rings. The second kappa shape index (κ2) is 7.38. The van der Waals surface area contributed by atoms with E-state index >= 15 is 0 Å². The van der Waals surface area contributed by atoms with E-state index in [2.05, 4.69) is 9.55 Å². The first-order valence-corrected chi connectivity index (χ1v) is 5.57. The molecule has 92 valence electrons. The Morgan fingerprint density at radius 3 is 2.88 bits per heavy atom. The van der Waals surface area contributed by atoms with Gasteiger partial charge in [0.2, 0.25) is 0 Å². The quantitative estimate of drug-likeness (QED) is 0.664. The molecule has 0 aromatic carbocycles. The summed E-state index contributed by atoms with van der Waals surface area (Å²) in [5.41, 5.74) is 6.70. The third-order valence-corrected chi connectivity index (χ3v) is 2.45. The predicted molar refractivity (Wildman–Crippen MR) is 62.2 cm³/mol. The third kappa shape index (κ3) is 3.92. The molecule has 1 rings (SSSR count). The molecule has 0 aliphatic rings. The van der Waals surface area contributed by atoms with Crippen LogP contribution in [0.3, 0.4) is 0 Å². The monoisotopic (exact) mass is 227 g/mol. The Hall–Kier alpha value is -0.910. The van der Waals surface area contributed by atoms with E-state index in [9.17, 15) is 0 Å². The molecule has 0 fully saturated rings. The van der Waals surface area contributed by atoms with Crippen LogP contribution in [0.2, 0.25) is 0 Å². The summed E-state index contributed by atoms with van der Waals surface area (Å²) in [6.45, 7) is 5.48. The zero-order valence-corrected chi connectivity index (χ0v) is 10.1. The van der Waals surface area contributed by atoms with Crippen molar-refractivity contribution in [3.05, 3.63) is 17.7 Å². The van der Waals surface area contributed by atoms with E-state index in [1.165, 1.54) is 0 Å². The Labute approximate surface area is 96.6 Å². The number of ether oxygens (including phenoxy) is 2. The number of nitrogens with zero attached hydrogens (tertiary/aromatic N) is 2. The van der Waals surface area contributed by atoms with Crippen molar-refractivity contribution in [2.45, 2.75) is 26.4 Å². The first kappa shape index (κ1) is 13.2. The van der Waals surface area contributed by atoms with Gasteiger partial charge in [-0.25, -0.2) is 4.98 Å². The molecular weight excluding hydrogens is 206 g/mol. The third-order valence-electron chi connectivity index (χ3n) is 2.45. The second-order valence-electron chi connectivity index (χ2n) is 3.61. The topological polar surface area (TPSA) is 62.3 Å². The van der Waals surface area contributed by atoms with E-state index in [0.29, 0.717) is 19.8 Å². The van der Waals surface area contributed by atoms with Crippen molar-refractivity contribution in [1.82, 2.24) is 9.55 Å². The van der Waals surface area contributed by atoms with Gasteiger partial charge in [-0.1, -0.05) is 0 Å². The fourth-order valence-corrected chi connectivity index (χ4v) is 1.55. The Morgan fingerprint density at radius 2 is 2.19 bits per heavy atom. The summed E-state index contributed by atoms with van der Waals surface area (Å²) in [6.07, 6.45) is 2.80. The van der Waals surface area contributed by atoms with Crippen LogP contribution < -0.4 is 5.73 Å². The Bertz CT molecular complexity index is 299. The van der Waals surface area contributed by atoms with Crippen molar-refractivity contribution in [1.29, 1.82) is 0 Å². The van der Waals surface area contributed by atoms with Crippen molar-refractivity contribution in [3.63, 3.8) is 0 Å². The van der Waals surface area contributed by atoms with Crippen molar-refractivity contribution >= 4 is 0 Å². The van der Waals surface area contributed by atoms with Crippen LogP contribution in [0.15, 0.2) is 6.20 Å². The number of aromatic nitrogens is 2. The van der Waals surface area contributed by atoms with Crippen molar-refractivity contribution < 1.29 is 9.47 Å². The fraction of sp³-hybridized carbons (Fsp3) is 0.727. The first-order valence-electron chi connectivity index (χ1n) is 5.57. The minimum Gasteiger partial charge on any atom is -0.382 e. The maximum atomic E-state index is 5.63. The van der Waals surface area contributed by atoms with Crippen molar-refractivity contribution in [3.8, 4) is 0 Å². The maximum Gasteiger partial charge on any atom is 0.105 e. The van der Waals surface area contributed by atoms with Gasteiger partial charge < -0.3 is 19.8 Å². The summed E-state index contributed by atoms with van der Waals surface area (Å²) >= 11 is 0. The van der Waals surface area contributed by atoms with Gasteiger partial charge in [-0.3, -0.25) is 0 Å². The molecule has 0 aliphatic heterocycles. The molecule has 0 saturated heterocycles. The van der Waals surface area contributed by atoms with Gasteiger partial charge in [0.15, 0.2) is 0 Å². The molecule has 0 aliphatic carbocycles. The van der Waals surface area contributed by atoms with Crippen molar-refractivity contribution in [2.75, 3.05) is 26.9 Å². The Morgan fingerprint density at radius 1 is 1.38 bits per heavy atom. The van der Waals surface area contributed by atoms with E-state index in [4.69, 9.17) is 15.2 Å². The van der Waals surface area contributed by atoms with Gasteiger partial charge in [0.1, 0.15) is 5.82 Å². The number of rotatable bonds is 8. The Balaban J connectivity index is 2.23. The van der Waals surface area contributed by atoms with Gasteiger partial charge in [0.25, 0.3) is 0 Å². The van der Waals surface area contributed by atoms with Crippen LogP contribution in [0.1, 0.15) is 17.9 Å². The number of imidazole rings is 1. The number of nitrogens with two attached hydrogens (primary N) is 1. The van der Waals surface area contributed by atoms with Crippen LogP contribution in [0.5, 0.6) is 0 Å². The predicted octanol–water partition coefficient (Wildman–Crippen LogP) is 0.703. The molecule has 0 atom stereocenters. The lowest BCUT2D eigenvalue weighted by molar-refractivity contribution is 0.0679. The normalized spacial score (nSPS) is 10.9. The molecule has 0 radical (unpaired) electrons. The maximum absolute atomic E-state index is 5.63. The molecule has 1 aromatic heterocycles. The highest BCUT2D eigenvalue weighted by Crippen LogP contribution is 2.05. The SMILES string of the molecule is COCCOCCCn1c(CN)cnc1C. The van der Waals surface area contributed by atoms with E-state index in [1.807, 2.05) is 13.1 Å². The molecule has 5 heteroatoms. The standard InChI is InChI=1S/C11H21N3O2/c1-10-13-9-11(8-12)14(10)4-3-5-16-7-6-15-2/h9H,3-8,12H2,1-2H3. The minimum absolute atomic E-state index is 0.533. The fourth-order valence-electron chi connectivity index (χ4n) is 1.55. The second-order valence-corrected chi connectivity index (χ2v) is 3.61. The van der Waals surface area contributed by atoms with Crippen LogP contribution in [0, 0.1) is 6.92 Å². The average molecular weight is 227 g/mol. The van der Waals surface area contributed by atoms with Gasteiger partial charge in [0.05, 0.1) is 18.9 Å². The smallest absolute Gasteiger partial charge is 0.105 e. The molecule has 0 spiro atoms. The molecule has 1 heterocycles. The van der Waals surface area contributed by atoms with Crippen LogP contribution in [0.25, 0.3) is 0 Å². The lowest BCUT2D eigenvalue weighted by atomic mass is 10.4. The number of hydrogen-bond acceptors (Lipinski definition) is 4. The summed E-state index contributed by atoms with van der Waals surface area (Å²) in [6, 6.07) is 0. The molecule has 16 heavy (non-hydrogen) atoms. The molecular formula is C11H21N3O2. The number of aryl methyl sites for hydroxylation is 1. The summed E-state index contributed by atoms with van der Waals surface area (Å²) in [5, 5.41) is 0. The summed E-state index contributed by atoms with van der Waals surface area (Å²) < 4.78 is 12.4. The van der Waals surface area contributed by atoms with Gasteiger partial charge in [-0.2, -0.15) is 0 Å². The highest BCUT2D eigenvalue weighted by Gasteiger charge is 2.03. The summed E-state index contributed by atoms with van der Waals surface area (Å²) in [4.78, 5) is 4.24. The largest absolute Gasteiger partial charge is 0.382 e. The average Bonchev–Trinajstić information content (AvgIpc) is 2.65. The molecule has 0 bridgehead atoms. The molecule has 5 nitrogen and oxygen atoms in total. The lowest BCUT2D eigenvalue weighted by Crippen LogP contribution is -2.11. The van der Waals surface area contributed by atoms with E-state index in [0.717, 1.165) is 31.1 Å². The minimum atomic E-state index is 0.533. The zero-order valence-electron chi connectivity index (χ0n) is 10.1. The van der Waals surface area contributed by atoms with Crippen molar-refractivity contribution in [2.24, 2.45) is 5.73 Å². The Kier molecular flexibility index (Phi) is 6.07.